The lowest BCUT2D eigenvalue weighted by molar-refractivity contribution is -0.139. The number of esters is 1. The Bertz CT molecular complexity index is 203. The highest BCUT2D eigenvalue weighted by atomic mass is 16.5. The van der Waals surface area contributed by atoms with Gasteiger partial charge in [0, 0.05) is 6.04 Å². The zero-order valence-electron chi connectivity index (χ0n) is 9.63. The normalized spacial score (nSPS) is 10.1. The van der Waals surface area contributed by atoms with Gasteiger partial charge in [-0.1, -0.05) is 13.8 Å². The van der Waals surface area contributed by atoms with E-state index in [0.717, 1.165) is 12.8 Å². The summed E-state index contributed by atoms with van der Waals surface area (Å²) in [6, 6.07) is 0.220. The van der Waals surface area contributed by atoms with Crippen molar-refractivity contribution in [3.63, 3.8) is 0 Å². The fourth-order valence-corrected chi connectivity index (χ4v) is 1.12. The molecule has 0 saturated carbocycles. The first-order valence-electron chi connectivity index (χ1n) is 5.20. The Labute approximate surface area is 90.6 Å². The van der Waals surface area contributed by atoms with Crippen molar-refractivity contribution in [1.29, 1.82) is 0 Å². The highest BCUT2D eigenvalue weighted by Crippen LogP contribution is 1.94. The second-order valence-electron chi connectivity index (χ2n) is 3.26. The Morgan fingerprint density at radius 3 is 2.27 bits per heavy atom. The predicted molar refractivity (Wildman–Crippen MR) is 57.4 cm³/mol. The summed E-state index contributed by atoms with van der Waals surface area (Å²) in [5.41, 5.74) is 0. The number of hydrogen-bond acceptors (Lipinski definition) is 4. The van der Waals surface area contributed by atoms with Crippen LogP contribution in [0.3, 0.4) is 0 Å². The van der Waals surface area contributed by atoms with Gasteiger partial charge in [0.2, 0.25) is 5.91 Å². The molecule has 0 aromatic heterocycles. The van der Waals surface area contributed by atoms with E-state index in [1.165, 1.54) is 7.11 Å². The molecular formula is C10H20N2O3. The van der Waals surface area contributed by atoms with Crippen molar-refractivity contribution < 1.29 is 14.3 Å². The molecule has 5 nitrogen and oxygen atoms in total. The van der Waals surface area contributed by atoms with E-state index in [-0.39, 0.29) is 31.0 Å². The minimum absolute atomic E-state index is 0.0623. The minimum atomic E-state index is -0.370. The van der Waals surface area contributed by atoms with Crippen molar-refractivity contribution in [2.75, 3.05) is 20.2 Å². The van der Waals surface area contributed by atoms with Gasteiger partial charge < -0.3 is 10.1 Å². The maximum atomic E-state index is 11.3. The summed E-state index contributed by atoms with van der Waals surface area (Å²) < 4.78 is 4.42. The van der Waals surface area contributed by atoms with Gasteiger partial charge in [0.1, 0.15) is 0 Å². The quantitative estimate of drug-likeness (QED) is 0.590. The molecule has 0 aliphatic rings. The molecule has 0 aromatic carbocycles. The Morgan fingerprint density at radius 1 is 1.20 bits per heavy atom. The van der Waals surface area contributed by atoms with Crippen LogP contribution in [-0.2, 0) is 14.3 Å². The van der Waals surface area contributed by atoms with Gasteiger partial charge in [-0.15, -0.1) is 0 Å². The fraction of sp³-hybridized carbons (Fsp3) is 0.800. The van der Waals surface area contributed by atoms with E-state index in [1.807, 2.05) is 13.8 Å². The number of hydrogen-bond donors (Lipinski definition) is 2. The van der Waals surface area contributed by atoms with Crippen LogP contribution in [0.4, 0.5) is 0 Å². The van der Waals surface area contributed by atoms with Crippen LogP contribution in [0.5, 0.6) is 0 Å². The average Bonchev–Trinajstić information content (AvgIpc) is 2.25. The summed E-state index contributed by atoms with van der Waals surface area (Å²) in [6.07, 6.45) is 1.83. The van der Waals surface area contributed by atoms with Crippen molar-refractivity contribution in [2.45, 2.75) is 32.7 Å². The van der Waals surface area contributed by atoms with Crippen molar-refractivity contribution in [3.05, 3.63) is 0 Å². The van der Waals surface area contributed by atoms with Crippen molar-refractivity contribution in [1.82, 2.24) is 10.6 Å². The Balaban J connectivity index is 3.61. The first-order chi connectivity index (χ1) is 7.13. The summed E-state index contributed by atoms with van der Waals surface area (Å²) in [5.74, 6) is -0.460. The summed E-state index contributed by atoms with van der Waals surface area (Å²) >= 11 is 0. The van der Waals surface area contributed by atoms with Crippen molar-refractivity contribution in [3.8, 4) is 0 Å². The molecule has 5 heteroatoms. The third-order valence-corrected chi connectivity index (χ3v) is 2.13. The van der Waals surface area contributed by atoms with E-state index in [4.69, 9.17) is 0 Å². The maximum Gasteiger partial charge on any atom is 0.319 e. The molecule has 0 unspecified atom stereocenters. The average molecular weight is 216 g/mol. The van der Waals surface area contributed by atoms with Gasteiger partial charge in [-0.25, -0.2) is 0 Å². The van der Waals surface area contributed by atoms with Crippen LogP contribution < -0.4 is 10.6 Å². The molecule has 0 fully saturated rings. The molecular weight excluding hydrogens is 196 g/mol. The third-order valence-electron chi connectivity index (χ3n) is 2.13. The van der Waals surface area contributed by atoms with E-state index in [9.17, 15) is 9.59 Å². The monoisotopic (exact) mass is 216 g/mol. The van der Waals surface area contributed by atoms with Gasteiger partial charge in [-0.3, -0.25) is 14.9 Å². The highest BCUT2D eigenvalue weighted by Gasteiger charge is 2.08. The molecule has 0 atom stereocenters. The molecule has 0 spiro atoms. The number of methoxy groups -OCH3 is 1. The molecule has 0 bridgehead atoms. The molecule has 0 rings (SSSR count). The number of ether oxygens (including phenoxy) is 1. The molecule has 1 amide bonds. The first-order valence-corrected chi connectivity index (χ1v) is 5.20. The Hall–Kier alpha value is -1.10. The number of nitrogens with one attached hydrogen (secondary N) is 2. The van der Waals surface area contributed by atoms with Crippen LogP contribution in [0.2, 0.25) is 0 Å². The smallest absolute Gasteiger partial charge is 0.319 e. The van der Waals surface area contributed by atoms with Crippen LogP contribution in [0.15, 0.2) is 0 Å². The van der Waals surface area contributed by atoms with Gasteiger partial charge in [-0.2, -0.15) is 0 Å². The molecule has 88 valence electrons. The lowest BCUT2D eigenvalue weighted by Crippen LogP contribution is -2.41. The van der Waals surface area contributed by atoms with E-state index in [2.05, 4.69) is 15.4 Å². The van der Waals surface area contributed by atoms with Crippen LogP contribution >= 0.6 is 0 Å². The standard InChI is InChI=1S/C10H20N2O3/c1-4-8(5-2)12-9(13)6-11-7-10(14)15-3/h8,11H,4-7H2,1-3H3,(H,12,13). The van der Waals surface area contributed by atoms with Gasteiger partial charge in [0.15, 0.2) is 0 Å². The van der Waals surface area contributed by atoms with Crippen LogP contribution in [0.25, 0.3) is 0 Å². The lowest BCUT2D eigenvalue weighted by atomic mass is 10.2. The molecule has 15 heavy (non-hydrogen) atoms. The third kappa shape index (κ3) is 6.90. The number of carbonyl (C=O) groups excluding carboxylic acids is 2. The molecule has 0 aromatic rings. The maximum absolute atomic E-state index is 11.3. The van der Waals surface area contributed by atoms with Crippen LogP contribution in [-0.4, -0.2) is 38.1 Å². The topological polar surface area (TPSA) is 67.4 Å². The van der Waals surface area contributed by atoms with E-state index in [1.54, 1.807) is 0 Å². The second-order valence-corrected chi connectivity index (χ2v) is 3.26. The Morgan fingerprint density at radius 2 is 1.80 bits per heavy atom. The molecule has 2 N–H and O–H groups in total. The fourth-order valence-electron chi connectivity index (χ4n) is 1.12. The van der Waals surface area contributed by atoms with Crippen LogP contribution in [0.1, 0.15) is 26.7 Å². The van der Waals surface area contributed by atoms with E-state index < -0.39 is 0 Å². The molecule has 0 radical (unpaired) electrons. The zero-order chi connectivity index (χ0) is 11.7. The first kappa shape index (κ1) is 13.9. The number of rotatable bonds is 7. The highest BCUT2D eigenvalue weighted by molar-refractivity contribution is 5.79. The molecule has 0 heterocycles. The number of carbonyl (C=O) groups is 2. The van der Waals surface area contributed by atoms with Crippen LogP contribution in [0, 0.1) is 0 Å². The van der Waals surface area contributed by atoms with Gasteiger partial charge in [-0.05, 0) is 12.8 Å². The van der Waals surface area contributed by atoms with Crippen molar-refractivity contribution >= 4 is 11.9 Å². The summed E-state index contributed by atoms with van der Waals surface area (Å²) in [5, 5.41) is 5.56. The predicted octanol–water partition coefficient (Wildman–Crippen LogP) is 0.0538. The minimum Gasteiger partial charge on any atom is -0.468 e. The van der Waals surface area contributed by atoms with Gasteiger partial charge >= 0.3 is 5.97 Å². The molecule has 0 aliphatic carbocycles. The lowest BCUT2D eigenvalue weighted by Gasteiger charge is -2.14. The largest absolute Gasteiger partial charge is 0.468 e. The molecule has 0 saturated heterocycles. The summed E-state index contributed by atoms with van der Waals surface area (Å²) in [4.78, 5) is 22.0. The zero-order valence-corrected chi connectivity index (χ0v) is 9.63. The van der Waals surface area contributed by atoms with Gasteiger partial charge in [0.05, 0.1) is 20.2 Å². The molecule has 0 aliphatic heterocycles. The van der Waals surface area contributed by atoms with E-state index >= 15 is 0 Å². The van der Waals surface area contributed by atoms with E-state index in [0.29, 0.717) is 0 Å². The second kappa shape index (κ2) is 8.23. The number of amides is 1. The van der Waals surface area contributed by atoms with Gasteiger partial charge in [0.25, 0.3) is 0 Å². The summed E-state index contributed by atoms with van der Waals surface area (Å²) in [6.45, 7) is 4.26. The van der Waals surface area contributed by atoms with Crippen molar-refractivity contribution in [2.24, 2.45) is 0 Å². The SMILES string of the molecule is CCC(CC)NC(=O)CNCC(=O)OC. The summed E-state index contributed by atoms with van der Waals surface area (Å²) in [7, 11) is 1.31. The Kier molecular flexibility index (Phi) is 7.62.